The minimum Gasteiger partial charge on any atom is -0.493 e. The zero-order valence-corrected chi connectivity index (χ0v) is 17.4. The molecule has 0 unspecified atom stereocenters. The molecule has 9 heteroatoms. The average molecular weight is 410 g/mol. The number of benzene rings is 2. The van der Waals surface area contributed by atoms with Crippen LogP contribution >= 0.6 is 0 Å². The fraction of sp³-hybridized carbons (Fsp3) is 0.333. The number of aryl methyl sites for hydroxylation is 2. The molecule has 0 aliphatic heterocycles. The van der Waals surface area contributed by atoms with E-state index < -0.39 is 0 Å². The Hall–Kier alpha value is -3.62. The number of carbonyl (C=O) groups excluding carboxylic acids is 1. The molecule has 0 aliphatic rings. The number of nitrogens with one attached hydrogen (secondary N) is 2. The van der Waals surface area contributed by atoms with Crippen LogP contribution in [0.1, 0.15) is 24.5 Å². The van der Waals surface area contributed by atoms with Crippen LogP contribution in [-0.2, 0) is 17.9 Å². The van der Waals surface area contributed by atoms with Gasteiger partial charge in [-0.3, -0.25) is 4.79 Å². The summed E-state index contributed by atoms with van der Waals surface area (Å²) in [6, 6.07) is 13.1. The van der Waals surface area contributed by atoms with Crippen LogP contribution in [0.2, 0.25) is 0 Å². The van der Waals surface area contributed by atoms with Gasteiger partial charge < -0.3 is 20.1 Å². The third-order valence-electron chi connectivity index (χ3n) is 4.34. The molecule has 3 aromatic rings. The SMILES string of the molecule is CCCn1nnnc1NCc1ccc(OCC(=O)Nc2ccc(C)cc2)c(OC)c1. The normalized spacial score (nSPS) is 10.5. The molecule has 0 atom stereocenters. The molecular formula is C21H26N6O3. The Morgan fingerprint density at radius 3 is 2.67 bits per heavy atom. The molecule has 158 valence electrons. The number of carbonyl (C=O) groups is 1. The summed E-state index contributed by atoms with van der Waals surface area (Å²) in [5, 5.41) is 17.7. The van der Waals surface area contributed by atoms with E-state index in [9.17, 15) is 4.79 Å². The highest BCUT2D eigenvalue weighted by molar-refractivity contribution is 5.91. The number of anilines is 2. The standard InChI is InChI=1S/C21H26N6O3/c1-4-11-27-21(24-25-26-27)22-13-16-7-10-18(19(12-16)29-3)30-14-20(28)23-17-8-5-15(2)6-9-17/h5-10,12H,4,11,13-14H2,1-3H3,(H,23,28)(H,22,24,26). The van der Waals surface area contributed by atoms with Crippen LogP contribution in [0.5, 0.6) is 11.5 Å². The fourth-order valence-electron chi connectivity index (χ4n) is 2.79. The van der Waals surface area contributed by atoms with Crippen LogP contribution in [0.25, 0.3) is 0 Å². The van der Waals surface area contributed by atoms with Gasteiger partial charge in [-0.15, -0.1) is 0 Å². The van der Waals surface area contributed by atoms with Gasteiger partial charge in [0.15, 0.2) is 18.1 Å². The lowest BCUT2D eigenvalue weighted by atomic mass is 10.2. The zero-order valence-electron chi connectivity index (χ0n) is 17.4. The van der Waals surface area contributed by atoms with Gasteiger partial charge in [0.05, 0.1) is 7.11 Å². The Bertz CT molecular complexity index is 971. The lowest BCUT2D eigenvalue weighted by Gasteiger charge is -2.13. The maximum atomic E-state index is 12.1. The molecule has 0 aliphatic carbocycles. The van der Waals surface area contributed by atoms with Crippen LogP contribution in [-0.4, -0.2) is 39.8 Å². The molecule has 3 rings (SSSR count). The first-order valence-corrected chi connectivity index (χ1v) is 9.75. The fourth-order valence-corrected chi connectivity index (χ4v) is 2.79. The smallest absolute Gasteiger partial charge is 0.262 e. The van der Waals surface area contributed by atoms with Gasteiger partial charge >= 0.3 is 0 Å². The second kappa shape index (κ2) is 10.2. The molecule has 9 nitrogen and oxygen atoms in total. The Balaban J connectivity index is 1.56. The van der Waals surface area contributed by atoms with Gasteiger partial charge in [-0.25, -0.2) is 4.68 Å². The Labute approximate surface area is 175 Å². The summed E-state index contributed by atoms with van der Waals surface area (Å²) >= 11 is 0. The van der Waals surface area contributed by atoms with Crippen molar-refractivity contribution < 1.29 is 14.3 Å². The van der Waals surface area contributed by atoms with Crippen molar-refractivity contribution in [1.29, 1.82) is 0 Å². The van der Waals surface area contributed by atoms with Gasteiger partial charge in [-0.05, 0) is 53.6 Å². The van der Waals surface area contributed by atoms with E-state index in [4.69, 9.17) is 9.47 Å². The number of methoxy groups -OCH3 is 1. The zero-order chi connectivity index (χ0) is 21.3. The van der Waals surface area contributed by atoms with E-state index in [1.54, 1.807) is 17.9 Å². The summed E-state index contributed by atoms with van der Waals surface area (Å²) in [4.78, 5) is 12.1. The van der Waals surface area contributed by atoms with Gasteiger partial charge in [0.1, 0.15) is 0 Å². The first-order valence-electron chi connectivity index (χ1n) is 9.75. The highest BCUT2D eigenvalue weighted by Gasteiger charge is 2.10. The molecule has 0 saturated heterocycles. The molecule has 1 heterocycles. The van der Waals surface area contributed by atoms with E-state index in [2.05, 4.69) is 33.1 Å². The number of ether oxygens (including phenoxy) is 2. The van der Waals surface area contributed by atoms with E-state index in [0.717, 1.165) is 29.8 Å². The van der Waals surface area contributed by atoms with Crippen LogP contribution in [0, 0.1) is 6.92 Å². The molecule has 1 amide bonds. The first-order chi connectivity index (χ1) is 14.6. The van der Waals surface area contributed by atoms with Crippen molar-refractivity contribution >= 4 is 17.5 Å². The molecule has 2 N–H and O–H groups in total. The van der Waals surface area contributed by atoms with Crippen LogP contribution in [0.4, 0.5) is 11.6 Å². The van der Waals surface area contributed by atoms with E-state index in [1.165, 1.54) is 0 Å². The summed E-state index contributed by atoms with van der Waals surface area (Å²) < 4.78 is 12.8. The molecule has 2 aromatic carbocycles. The first kappa shape index (κ1) is 21.1. The topological polar surface area (TPSA) is 103 Å². The van der Waals surface area contributed by atoms with Crippen molar-refractivity contribution in [3.63, 3.8) is 0 Å². The Morgan fingerprint density at radius 2 is 1.93 bits per heavy atom. The molecule has 0 bridgehead atoms. The van der Waals surface area contributed by atoms with Gasteiger partial charge in [0.25, 0.3) is 5.91 Å². The van der Waals surface area contributed by atoms with Gasteiger partial charge in [0.2, 0.25) is 5.95 Å². The van der Waals surface area contributed by atoms with Gasteiger partial charge in [0, 0.05) is 18.8 Å². The van der Waals surface area contributed by atoms with Gasteiger partial charge in [-0.2, -0.15) is 0 Å². The average Bonchev–Trinajstić information content (AvgIpc) is 3.20. The quantitative estimate of drug-likeness (QED) is 0.529. The monoisotopic (exact) mass is 410 g/mol. The van der Waals surface area contributed by atoms with Crippen molar-refractivity contribution in [2.75, 3.05) is 24.4 Å². The van der Waals surface area contributed by atoms with Crippen molar-refractivity contribution in [1.82, 2.24) is 20.2 Å². The molecule has 0 saturated carbocycles. The predicted octanol–water partition coefficient (Wildman–Crippen LogP) is 3.03. The van der Waals surface area contributed by atoms with Crippen LogP contribution in [0.3, 0.4) is 0 Å². The Morgan fingerprint density at radius 1 is 1.13 bits per heavy atom. The van der Waals surface area contributed by atoms with Crippen molar-refractivity contribution in [2.24, 2.45) is 0 Å². The molecule has 30 heavy (non-hydrogen) atoms. The third-order valence-corrected chi connectivity index (χ3v) is 4.34. The molecule has 1 aromatic heterocycles. The summed E-state index contributed by atoms with van der Waals surface area (Å²) in [5.74, 6) is 1.42. The number of rotatable bonds is 10. The van der Waals surface area contributed by atoms with E-state index in [1.807, 2.05) is 43.3 Å². The summed E-state index contributed by atoms with van der Waals surface area (Å²) in [6.07, 6.45) is 0.942. The minimum atomic E-state index is -0.241. The molecule has 0 radical (unpaired) electrons. The maximum absolute atomic E-state index is 12.1. The molecule has 0 fully saturated rings. The lowest BCUT2D eigenvalue weighted by molar-refractivity contribution is -0.118. The number of aromatic nitrogens is 4. The van der Waals surface area contributed by atoms with Gasteiger partial charge in [-0.1, -0.05) is 35.8 Å². The highest BCUT2D eigenvalue weighted by atomic mass is 16.5. The van der Waals surface area contributed by atoms with Crippen LogP contribution in [0.15, 0.2) is 42.5 Å². The second-order valence-corrected chi connectivity index (χ2v) is 6.77. The van der Waals surface area contributed by atoms with Crippen molar-refractivity contribution in [2.45, 2.75) is 33.4 Å². The molecular weight excluding hydrogens is 384 g/mol. The minimum absolute atomic E-state index is 0.117. The number of hydrogen-bond acceptors (Lipinski definition) is 7. The second-order valence-electron chi connectivity index (χ2n) is 6.77. The molecule has 0 spiro atoms. The number of tetrazole rings is 1. The number of nitrogens with zero attached hydrogens (tertiary/aromatic N) is 4. The van der Waals surface area contributed by atoms with Crippen LogP contribution < -0.4 is 20.1 Å². The maximum Gasteiger partial charge on any atom is 0.262 e. The van der Waals surface area contributed by atoms with E-state index in [0.29, 0.717) is 24.0 Å². The Kier molecular flexibility index (Phi) is 7.20. The summed E-state index contributed by atoms with van der Waals surface area (Å²) in [5.41, 5.74) is 2.83. The third kappa shape index (κ3) is 5.69. The number of hydrogen-bond donors (Lipinski definition) is 2. The summed E-state index contributed by atoms with van der Waals surface area (Å²) in [7, 11) is 1.56. The van der Waals surface area contributed by atoms with Crippen molar-refractivity contribution in [3.8, 4) is 11.5 Å². The summed E-state index contributed by atoms with van der Waals surface area (Å²) in [6.45, 7) is 5.21. The van der Waals surface area contributed by atoms with E-state index >= 15 is 0 Å². The van der Waals surface area contributed by atoms with E-state index in [-0.39, 0.29) is 12.5 Å². The highest BCUT2D eigenvalue weighted by Crippen LogP contribution is 2.28. The number of amides is 1. The lowest BCUT2D eigenvalue weighted by Crippen LogP contribution is -2.20. The van der Waals surface area contributed by atoms with Crippen molar-refractivity contribution in [3.05, 3.63) is 53.6 Å². The largest absolute Gasteiger partial charge is 0.493 e. The predicted molar refractivity (Wildman–Crippen MR) is 114 cm³/mol.